The number of carbonyl (C=O) groups is 1. The number of morpholine rings is 1. The molecule has 1 aromatic heterocycles. The lowest BCUT2D eigenvalue weighted by Crippen LogP contribution is -2.48. The molecule has 1 aromatic rings. The van der Waals surface area contributed by atoms with E-state index in [2.05, 4.69) is 34.5 Å². The van der Waals surface area contributed by atoms with Crippen molar-refractivity contribution in [1.29, 1.82) is 0 Å². The van der Waals surface area contributed by atoms with Gasteiger partial charge in [-0.2, -0.15) is 5.10 Å². The predicted octanol–water partition coefficient (Wildman–Crippen LogP) is 0.959. The molecule has 21 heavy (non-hydrogen) atoms. The van der Waals surface area contributed by atoms with Crippen LogP contribution in [-0.4, -0.2) is 59.1 Å². The maximum atomic E-state index is 11.8. The van der Waals surface area contributed by atoms with Crippen molar-refractivity contribution in [3.05, 3.63) is 11.8 Å². The number of aromatic nitrogens is 2. The molecule has 7 nitrogen and oxygen atoms in total. The van der Waals surface area contributed by atoms with Crippen LogP contribution in [0.1, 0.15) is 19.5 Å². The maximum absolute atomic E-state index is 11.8. The molecule has 0 bridgehead atoms. The summed E-state index contributed by atoms with van der Waals surface area (Å²) in [7, 11) is 1.80. The number of nitrogens with one attached hydrogen (secondary N) is 2. The number of rotatable bonds is 4. The zero-order chi connectivity index (χ0) is 15.4. The van der Waals surface area contributed by atoms with Crippen LogP contribution in [-0.2, 0) is 11.8 Å². The standard InChI is InChI=1S/C14H25N5O2/c1-10-7-13(18(4)17-10)16-14(20)15-5-6-19-8-11(2)21-12(3)9-19/h7,11-12H,5-6,8-9H2,1-4H3,(H2,15,16,20). The Morgan fingerprint density at radius 1 is 1.43 bits per heavy atom. The van der Waals surface area contributed by atoms with E-state index in [1.54, 1.807) is 11.7 Å². The Hall–Kier alpha value is -1.60. The van der Waals surface area contributed by atoms with Crippen molar-refractivity contribution in [1.82, 2.24) is 20.0 Å². The van der Waals surface area contributed by atoms with Gasteiger partial charge < -0.3 is 10.1 Å². The van der Waals surface area contributed by atoms with Crippen LogP contribution >= 0.6 is 0 Å². The fourth-order valence-corrected chi connectivity index (χ4v) is 2.68. The fraction of sp³-hybridized carbons (Fsp3) is 0.714. The van der Waals surface area contributed by atoms with Gasteiger partial charge in [-0.15, -0.1) is 0 Å². The zero-order valence-corrected chi connectivity index (χ0v) is 13.2. The van der Waals surface area contributed by atoms with E-state index in [0.717, 1.165) is 25.3 Å². The highest BCUT2D eigenvalue weighted by atomic mass is 16.5. The first kappa shape index (κ1) is 15.8. The summed E-state index contributed by atoms with van der Waals surface area (Å²) in [5.41, 5.74) is 0.879. The van der Waals surface area contributed by atoms with Crippen molar-refractivity contribution in [3.8, 4) is 0 Å². The Bertz CT molecular complexity index is 478. The van der Waals surface area contributed by atoms with Crippen LogP contribution in [0.25, 0.3) is 0 Å². The van der Waals surface area contributed by atoms with Gasteiger partial charge in [-0.1, -0.05) is 0 Å². The molecular formula is C14H25N5O2. The number of anilines is 1. The van der Waals surface area contributed by atoms with Crippen LogP contribution in [0.2, 0.25) is 0 Å². The number of ether oxygens (including phenoxy) is 1. The summed E-state index contributed by atoms with van der Waals surface area (Å²) in [6.07, 6.45) is 0.500. The number of urea groups is 1. The highest BCUT2D eigenvalue weighted by Crippen LogP contribution is 2.10. The van der Waals surface area contributed by atoms with Crippen molar-refractivity contribution in [2.45, 2.75) is 33.0 Å². The molecule has 0 aromatic carbocycles. The predicted molar refractivity (Wildman–Crippen MR) is 81.4 cm³/mol. The lowest BCUT2D eigenvalue weighted by Gasteiger charge is -2.35. The van der Waals surface area contributed by atoms with Gasteiger partial charge in [-0.25, -0.2) is 4.79 Å². The van der Waals surface area contributed by atoms with E-state index in [1.807, 2.05) is 13.0 Å². The third-order valence-electron chi connectivity index (χ3n) is 3.45. The van der Waals surface area contributed by atoms with Gasteiger partial charge in [0.15, 0.2) is 0 Å². The van der Waals surface area contributed by atoms with Gasteiger partial charge >= 0.3 is 6.03 Å². The van der Waals surface area contributed by atoms with Crippen LogP contribution in [0.5, 0.6) is 0 Å². The molecule has 2 atom stereocenters. The molecule has 118 valence electrons. The molecule has 1 aliphatic heterocycles. The number of hydrogen-bond acceptors (Lipinski definition) is 4. The molecule has 2 unspecified atom stereocenters. The van der Waals surface area contributed by atoms with E-state index in [9.17, 15) is 4.79 Å². The zero-order valence-electron chi connectivity index (χ0n) is 13.2. The first-order valence-corrected chi connectivity index (χ1v) is 7.37. The molecule has 2 amide bonds. The van der Waals surface area contributed by atoms with Crippen molar-refractivity contribution in [2.24, 2.45) is 7.05 Å². The normalized spacial score (nSPS) is 23.0. The van der Waals surface area contributed by atoms with E-state index in [0.29, 0.717) is 12.4 Å². The van der Waals surface area contributed by atoms with Gasteiger partial charge in [0.05, 0.1) is 17.9 Å². The fourth-order valence-electron chi connectivity index (χ4n) is 2.68. The molecule has 1 aliphatic rings. The monoisotopic (exact) mass is 295 g/mol. The molecule has 7 heteroatoms. The van der Waals surface area contributed by atoms with Crippen molar-refractivity contribution < 1.29 is 9.53 Å². The summed E-state index contributed by atoms with van der Waals surface area (Å²) in [5.74, 6) is 0.693. The minimum atomic E-state index is -0.202. The topological polar surface area (TPSA) is 71.4 Å². The Morgan fingerprint density at radius 2 is 2.10 bits per heavy atom. The Labute approximate surface area is 125 Å². The van der Waals surface area contributed by atoms with Crippen LogP contribution in [0.3, 0.4) is 0 Å². The third kappa shape index (κ3) is 4.71. The molecule has 1 saturated heterocycles. The molecule has 2 heterocycles. The second kappa shape index (κ2) is 6.91. The smallest absolute Gasteiger partial charge is 0.320 e. The van der Waals surface area contributed by atoms with Crippen LogP contribution < -0.4 is 10.6 Å². The number of nitrogens with zero attached hydrogens (tertiary/aromatic N) is 3. The highest BCUT2D eigenvalue weighted by Gasteiger charge is 2.21. The second-order valence-corrected chi connectivity index (χ2v) is 5.69. The first-order valence-electron chi connectivity index (χ1n) is 7.37. The molecule has 2 N–H and O–H groups in total. The average molecular weight is 295 g/mol. The Morgan fingerprint density at radius 3 is 2.67 bits per heavy atom. The summed E-state index contributed by atoms with van der Waals surface area (Å²) >= 11 is 0. The van der Waals surface area contributed by atoms with E-state index in [-0.39, 0.29) is 18.2 Å². The minimum Gasteiger partial charge on any atom is -0.373 e. The molecule has 0 spiro atoms. The number of aryl methyl sites for hydroxylation is 2. The van der Waals surface area contributed by atoms with Crippen molar-refractivity contribution >= 4 is 11.8 Å². The first-order chi connectivity index (χ1) is 9.94. The Balaban J connectivity index is 1.71. The lowest BCUT2D eigenvalue weighted by atomic mass is 10.2. The summed E-state index contributed by atoms with van der Waals surface area (Å²) in [5, 5.41) is 9.85. The summed E-state index contributed by atoms with van der Waals surface area (Å²) < 4.78 is 7.34. The maximum Gasteiger partial charge on any atom is 0.320 e. The average Bonchev–Trinajstić information content (AvgIpc) is 2.66. The largest absolute Gasteiger partial charge is 0.373 e. The molecule has 2 rings (SSSR count). The second-order valence-electron chi connectivity index (χ2n) is 5.69. The summed E-state index contributed by atoms with van der Waals surface area (Å²) in [4.78, 5) is 14.2. The Kier molecular flexibility index (Phi) is 5.19. The minimum absolute atomic E-state index is 0.202. The SMILES string of the molecule is Cc1cc(NC(=O)NCCN2CC(C)OC(C)C2)n(C)n1. The molecular weight excluding hydrogens is 270 g/mol. The lowest BCUT2D eigenvalue weighted by molar-refractivity contribution is -0.0672. The molecule has 0 saturated carbocycles. The van der Waals surface area contributed by atoms with E-state index < -0.39 is 0 Å². The van der Waals surface area contributed by atoms with E-state index >= 15 is 0 Å². The van der Waals surface area contributed by atoms with Crippen molar-refractivity contribution in [2.75, 3.05) is 31.5 Å². The van der Waals surface area contributed by atoms with Crippen LogP contribution in [0, 0.1) is 6.92 Å². The number of hydrogen-bond donors (Lipinski definition) is 2. The van der Waals surface area contributed by atoms with Gasteiger partial charge in [0.25, 0.3) is 0 Å². The van der Waals surface area contributed by atoms with Crippen LogP contribution in [0.15, 0.2) is 6.07 Å². The van der Waals surface area contributed by atoms with Crippen LogP contribution in [0.4, 0.5) is 10.6 Å². The summed E-state index contributed by atoms with van der Waals surface area (Å²) in [6.45, 7) is 9.31. The summed E-state index contributed by atoms with van der Waals surface area (Å²) in [6, 6.07) is 1.64. The van der Waals surface area contributed by atoms with Gasteiger partial charge in [-0.05, 0) is 20.8 Å². The number of carbonyl (C=O) groups excluding carboxylic acids is 1. The van der Waals surface area contributed by atoms with Gasteiger partial charge in [0.2, 0.25) is 0 Å². The highest BCUT2D eigenvalue weighted by molar-refractivity contribution is 5.88. The van der Waals surface area contributed by atoms with Gasteiger partial charge in [-0.3, -0.25) is 14.9 Å². The molecule has 0 radical (unpaired) electrons. The van der Waals surface area contributed by atoms with Crippen molar-refractivity contribution in [3.63, 3.8) is 0 Å². The third-order valence-corrected chi connectivity index (χ3v) is 3.45. The molecule has 0 aliphatic carbocycles. The van der Waals surface area contributed by atoms with Gasteiger partial charge in [0.1, 0.15) is 5.82 Å². The van der Waals surface area contributed by atoms with E-state index in [4.69, 9.17) is 4.74 Å². The van der Waals surface area contributed by atoms with Gasteiger partial charge in [0, 0.05) is 39.3 Å². The van der Waals surface area contributed by atoms with E-state index in [1.165, 1.54) is 0 Å². The molecule has 1 fully saturated rings. The quantitative estimate of drug-likeness (QED) is 0.868. The number of amides is 2.